The minimum absolute atomic E-state index is 0.00407. The highest BCUT2D eigenvalue weighted by Gasteiger charge is 2.13. The molecule has 0 aliphatic heterocycles. The number of nitrogens with one attached hydrogen (secondary N) is 2. The van der Waals surface area contributed by atoms with E-state index in [1.165, 1.54) is 7.11 Å². The molecule has 9 heteroatoms. The molecule has 114 valence electrons. The topological polar surface area (TPSA) is 96.4 Å². The standard InChI is InChI=1S/C12H15ClN4O3S/c1-20-7(4-5-18)6-14-12(19)15-9-3-2-8(13)10-11(9)17-21-16-10/h2-3,7,18H,4-6H2,1H3,(H2,14,15,19). The lowest BCUT2D eigenvalue weighted by atomic mass is 10.2. The van der Waals surface area contributed by atoms with Gasteiger partial charge in [-0.1, -0.05) is 11.6 Å². The lowest BCUT2D eigenvalue weighted by Crippen LogP contribution is -2.36. The molecule has 7 nitrogen and oxygen atoms in total. The number of rotatable bonds is 6. The Hall–Kier alpha value is -1.48. The fourth-order valence-electron chi connectivity index (χ4n) is 1.76. The van der Waals surface area contributed by atoms with Crippen LogP contribution in [0, 0.1) is 0 Å². The summed E-state index contributed by atoms with van der Waals surface area (Å²) < 4.78 is 13.3. The number of nitrogens with zero attached hydrogens (tertiary/aromatic N) is 2. The van der Waals surface area contributed by atoms with Gasteiger partial charge in [-0.2, -0.15) is 8.75 Å². The number of urea groups is 1. The first kappa shape index (κ1) is 15.9. The number of anilines is 1. The highest BCUT2D eigenvalue weighted by molar-refractivity contribution is 7.00. The molecule has 1 atom stereocenters. The zero-order valence-corrected chi connectivity index (χ0v) is 12.9. The Bertz CT molecular complexity index is 622. The summed E-state index contributed by atoms with van der Waals surface area (Å²) in [7, 11) is 1.53. The van der Waals surface area contributed by atoms with Crippen molar-refractivity contribution in [2.24, 2.45) is 0 Å². The first-order valence-electron chi connectivity index (χ1n) is 6.25. The molecule has 0 aliphatic rings. The largest absolute Gasteiger partial charge is 0.396 e. The summed E-state index contributed by atoms with van der Waals surface area (Å²) in [4.78, 5) is 11.9. The maximum atomic E-state index is 11.9. The summed E-state index contributed by atoms with van der Waals surface area (Å²) in [6, 6.07) is 2.95. The number of hydrogen-bond acceptors (Lipinski definition) is 6. The van der Waals surface area contributed by atoms with Gasteiger partial charge in [0, 0.05) is 20.3 Å². The lowest BCUT2D eigenvalue weighted by molar-refractivity contribution is 0.0792. The Balaban J connectivity index is 1.98. The third-order valence-electron chi connectivity index (χ3n) is 2.89. The second kappa shape index (κ2) is 7.51. The van der Waals surface area contributed by atoms with Crippen molar-refractivity contribution in [1.29, 1.82) is 0 Å². The molecule has 0 spiro atoms. The molecular weight excluding hydrogens is 316 g/mol. The van der Waals surface area contributed by atoms with E-state index in [9.17, 15) is 4.79 Å². The van der Waals surface area contributed by atoms with Crippen LogP contribution in [0.3, 0.4) is 0 Å². The van der Waals surface area contributed by atoms with Gasteiger partial charge in [-0.05, 0) is 18.6 Å². The van der Waals surface area contributed by atoms with Crippen LogP contribution in [0.4, 0.5) is 10.5 Å². The molecule has 0 bridgehead atoms. The fraction of sp³-hybridized carbons (Fsp3) is 0.417. The van der Waals surface area contributed by atoms with Gasteiger partial charge in [-0.3, -0.25) is 0 Å². The molecule has 0 fully saturated rings. The average molecular weight is 331 g/mol. The van der Waals surface area contributed by atoms with Gasteiger partial charge in [-0.15, -0.1) is 0 Å². The number of benzene rings is 1. The summed E-state index contributed by atoms with van der Waals surface area (Å²) in [5, 5.41) is 14.7. The molecule has 0 aliphatic carbocycles. The van der Waals surface area contributed by atoms with Gasteiger partial charge >= 0.3 is 6.03 Å². The molecule has 1 aromatic heterocycles. The van der Waals surface area contributed by atoms with Crippen molar-refractivity contribution in [3.05, 3.63) is 17.2 Å². The van der Waals surface area contributed by atoms with Crippen molar-refractivity contribution in [1.82, 2.24) is 14.1 Å². The lowest BCUT2D eigenvalue weighted by Gasteiger charge is -2.15. The number of halogens is 1. The Morgan fingerprint density at radius 2 is 2.24 bits per heavy atom. The molecule has 3 N–H and O–H groups in total. The van der Waals surface area contributed by atoms with Crippen LogP contribution in [-0.4, -0.2) is 46.3 Å². The van der Waals surface area contributed by atoms with Crippen molar-refractivity contribution in [3.63, 3.8) is 0 Å². The Kier molecular flexibility index (Phi) is 5.68. The SMILES string of the molecule is COC(CCO)CNC(=O)Nc1ccc(Cl)c2nsnc12. The number of methoxy groups -OCH3 is 1. The van der Waals surface area contributed by atoms with E-state index in [1.807, 2.05) is 0 Å². The monoisotopic (exact) mass is 330 g/mol. The van der Waals surface area contributed by atoms with Gasteiger partial charge < -0.3 is 20.5 Å². The van der Waals surface area contributed by atoms with E-state index in [2.05, 4.69) is 19.4 Å². The fourth-order valence-corrected chi connectivity index (χ4v) is 2.58. The number of fused-ring (bicyclic) bond motifs is 1. The highest BCUT2D eigenvalue weighted by atomic mass is 35.5. The van der Waals surface area contributed by atoms with Crippen molar-refractivity contribution in [2.75, 3.05) is 25.6 Å². The van der Waals surface area contributed by atoms with Crippen LogP contribution in [0.25, 0.3) is 11.0 Å². The maximum absolute atomic E-state index is 11.9. The van der Waals surface area contributed by atoms with E-state index in [0.29, 0.717) is 34.7 Å². The predicted molar refractivity (Wildman–Crippen MR) is 81.9 cm³/mol. The van der Waals surface area contributed by atoms with Gasteiger partial charge in [0.05, 0.1) is 28.5 Å². The predicted octanol–water partition coefficient (Wildman–Crippen LogP) is 1.86. The van der Waals surface area contributed by atoms with Gasteiger partial charge in [0.2, 0.25) is 0 Å². The van der Waals surface area contributed by atoms with Gasteiger partial charge in [0.15, 0.2) is 0 Å². The van der Waals surface area contributed by atoms with E-state index in [4.69, 9.17) is 21.4 Å². The number of amides is 2. The molecular formula is C12H15ClN4O3S. The molecule has 1 aromatic carbocycles. The van der Waals surface area contributed by atoms with E-state index < -0.39 is 0 Å². The molecule has 0 saturated heterocycles. The molecule has 2 aromatic rings. The van der Waals surface area contributed by atoms with E-state index in [1.54, 1.807) is 12.1 Å². The number of aliphatic hydroxyl groups excluding tert-OH is 1. The Labute approximate surface area is 130 Å². The maximum Gasteiger partial charge on any atom is 0.319 e. The molecule has 1 heterocycles. The number of carbonyl (C=O) groups is 1. The number of ether oxygens (including phenoxy) is 1. The van der Waals surface area contributed by atoms with Crippen LogP contribution in [0.5, 0.6) is 0 Å². The van der Waals surface area contributed by atoms with Crippen molar-refractivity contribution in [2.45, 2.75) is 12.5 Å². The zero-order valence-electron chi connectivity index (χ0n) is 11.3. The minimum Gasteiger partial charge on any atom is -0.396 e. The van der Waals surface area contributed by atoms with Crippen LogP contribution >= 0.6 is 23.3 Å². The van der Waals surface area contributed by atoms with Crippen molar-refractivity contribution >= 4 is 46.1 Å². The van der Waals surface area contributed by atoms with Crippen LogP contribution in [0.15, 0.2) is 12.1 Å². The molecule has 2 rings (SSSR count). The summed E-state index contributed by atoms with van der Waals surface area (Å²) >= 11 is 7.03. The third-order valence-corrected chi connectivity index (χ3v) is 3.72. The van der Waals surface area contributed by atoms with Crippen molar-refractivity contribution in [3.8, 4) is 0 Å². The summed E-state index contributed by atoms with van der Waals surface area (Å²) in [5.74, 6) is 0. The minimum atomic E-state index is -0.383. The van der Waals surface area contributed by atoms with Crippen molar-refractivity contribution < 1.29 is 14.6 Å². The number of aromatic nitrogens is 2. The molecule has 0 radical (unpaired) electrons. The second-order valence-corrected chi connectivity index (χ2v) is 5.20. The highest BCUT2D eigenvalue weighted by Crippen LogP contribution is 2.27. The molecule has 21 heavy (non-hydrogen) atoms. The molecule has 1 unspecified atom stereocenters. The van der Waals surface area contributed by atoms with Crippen LogP contribution in [0.2, 0.25) is 5.02 Å². The van der Waals surface area contributed by atoms with Crippen LogP contribution in [-0.2, 0) is 4.74 Å². The van der Waals surface area contributed by atoms with Crippen LogP contribution in [0.1, 0.15) is 6.42 Å². The van der Waals surface area contributed by atoms with Crippen LogP contribution < -0.4 is 10.6 Å². The quantitative estimate of drug-likeness (QED) is 0.751. The number of aliphatic hydroxyl groups is 1. The van der Waals surface area contributed by atoms with Gasteiger partial charge in [0.25, 0.3) is 0 Å². The summed E-state index contributed by atoms with van der Waals surface area (Å²) in [6.45, 7) is 0.305. The van der Waals surface area contributed by atoms with E-state index in [0.717, 1.165) is 11.7 Å². The number of hydrogen-bond donors (Lipinski definition) is 3. The Morgan fingerprint density at radius 1 is 1.48 bits per heavy atom. The molecule has 2 amide bonds. The summed E-state index contributed by atoms with van der Waals surface area (Å²) in [6.07, 6.45) is 0.227. The first-order chi connectivity index (χ1) is 10.2. The average Bonchev–Trinajstić information content (AvgIpc) is 2.97. The van der Waals surface area contributed by atoms with E-state index in [-0.39, 0.29) is 18.7 Å². The van der Waals surface area contributed by atoms with Gasteiger partial charge in [0.1, 0.15) is 11.0 Å². The smallest absolute Gasteiger partial charge is 0.319 e. The van der Waals surface area contributed by atoms with E-state index >= 15 is 0 Å². The second-order valence-electron chi connectivity index (χ2n) is 4.26. The normalized spacial score (nSPS) is 12.3. The Morgan fingerprint density at radius 3 is 2.95 bits per heavy atom. The van der Waals surface area contributed by atoms with Gasteiger partial charge in [-0.25, -0.2) is 4.79 Å². The third kappa shape index (κ3) is 4.01. The summed E-state index contributed by atoms with van der Waals surface area (Å²) in [5.41, 5.74) is 1.66. The zero-order chi connectivity index (χ0) is 15.2. The number of carbonyl (C=O) groups excluding carboxylic acids is 1. The molecule has 0 saturated carbocycles. The first-order valence-corrected chi connectivity index (χ1v) is 7.35.